The van der Waals surface area contributed by atoms with Crippen LogP contribution in [0.3, 0.4) is 0 Å². The summed E-state index contributed by atoms with van der Waals surface area (Å²) in [7, 11) is 0. The minimum atomic E-state index is -1.77. The Balaban J connectivity index is 1.80. The zero-order chi connectivity index (χ0) is 19.8. The molecule has 0 aliphatic heterocycles. The van der Waals surface area contributed by atoms with E-state index in [0.717, 1.165) is 44.1 Å². The van der Waals surface area contributed by atoms with Crippen LogP contribution in [-0.2, 0) is 4.79 Å². The normalized spacial score (nSPS) is 37.4. The van der Waals surface area contributed by atoms with Crippen molar-refractivity contribution >= 4 is 5.97 Å². The van der Waals surface area contributed by atoms with Crippen LogP contribution in [0.2, 0.25) is 0 Å². The van der Waals surface area contributed by atoms with Crippen molar-refractivity contribution in [3.05, 3.63) is 35.5 Å². The molecule has 0 unspecified atom stereocenters. The summed E-state index contributed by atoms with van der Waals surface area (Å²) in [6, 6.07) is 0. The second-order valence-corrected chi connectivity index (χ2v) is 9.25. The Bertz CT molecular complexity index is 672. The maximum atomic E-state index is 11.2. The minimum absolute atomic E-state index is 0.179. The number of allylic oxidation sites excluding steroid dienone is 3. The lowest BCUT2D eigenvalue weighted by Crippen LogP contribution is -2.36. The number of carbonyl (C=O) groups is 1. The molecule has 4 heteroatoms. The predicted molar refractivity (Wildman–Crippen MR) is 106 cm³/mol. The average Bonchev–Trinajstić information content (AvgIpc) is 2.93. The van der Waals surface area contributed by atoms with Crippen LogP contribution < -0.4 is 0 Å². The minimum Gasteiger partial charge on any atom is -0.481 e. The molecule has 0 heterocycles. The second kappa shape index (κ2) is 7.56. The SMILES string of the molecule is C=C1/C(=C\C=C2/CCC[C@]3(C)[C@@H]([C@H](C)CC(=O)O)CC[C@@H]23)CCCC1(O)O. The highest BCUT2D eigenvalue weighted by molar-refractivity contribution is 5.67. The lowest BCUT2D eigenvalue weighted by Gasteiger charge is -2.44. The quantitative estimate of drug-likeness (QED) is 0.629. The number of aliphatic hydroxyl groups is 2. The standard InChI is InChI=1S/C23H34O4/c1-15(14-21(24)25)19-10-11-20-18(7-4-12-22(19,20)3)9-8-17-6-5-13-23(26,27)16(17)2/h8-9,15,19-20,26-27H,2,4-7,10-14H2,1,3H3,(H,24,25)/b17-8-,18-9+/t15-,19-,20+,22-/m1/s1. The van der Waals surface area contributed by atoms with Crippen LogP contribution >= 0.6 is 0 Å². The van der Waals surface area contributed by atoms with Gasteiger partial charge in [0.1, 0.15) is 0 Å². The van der Waals surface area contributed by atoms with Crippen LogP contribution in [0.1, 0.15) is 71.6 Å². The second-order valence-electron chi connectivity index (χ2n) is 9.25. The molecule has 0 radical (unpaired) electrons. The zero-order valence-electron chi connectivity index (χ0n) is 16.7. The molecule has 3 saturated carbocycles. The number of carboxylic acids is 1. The van der Waals surface area contributed by atoms with Crippen LogP contribution in [0.5, 0.6) is 0 Å². The molecular formula is C23H34O4. The molecular weight excluding hydrogens is 340 g/mol. The molecule has 3 aliphatic rings. The van der Waals surface area contributed by atoms with Crippen molar-refractivity contribution in [2.45, 2.75) is 77.4 Å². The Morgan fingerprint density at radius 1 is 1.22 bits per heavy atom. The molecule has 4 atom stereocenters. The largest absolute Gasteiger partial charge is 0.481 e. The third kappa shape index (κ3) is 3.93. The summed E-state index contributed by atoms with van der Waals surface area (Å²) in [6.07, 6.45) is 12.1. The van der Waals surface area contributed by atoms with Gasteiger partial charge in [0.15, 0.2) is 5.79 Å². The van der Waals surface area contributed by atoms with Gasteiger partial charge in [-0.15, -0.1) is 0 Å². The fourth-order valence-corrected chi connectivity index (χ4v) is 6.11. The van der Waals surface area contributed by atoms with E-state index in [1.54, 1.807) is 0 Å². The summed E-state index contributed by atoms with van der Waals surface area (Å²) in [5.41, 5.74) is 3.00. The molecule has 0 aromatic rings. The zero-order valence-corrected chi connectivity index (χ0v) is 16.7. The van der Waals surface area contributed by atoms with Gasteiger partial charge in [-0.05, 0) is 73.7 Å². The van der Waals surface area contributed by atoms with E-state index in [-0.39, 0.29) is 17.8 Å². The first-order valence-corrected chi connectivity index (χ1v) is 10.4. The van der Waals surface area contributed by atoms with Gasteiger partial charge in [0.25, 0.3) is 0 Å². The van der Waals surface area contributed by atoms with E-state index in [2.05, 4.69) is 32.6 Å². The van der Waals surface area contributed by atoms with Gasteiger partial charge < -0.3 is 15.3 Å². The van der Waals surface area contributed by atoms with Crippen LogP contribution in [0, 0.1) is 23.2 Å². The summed E-state index contributed by atoms with van der Waals surface area (Å²) < 4.78 is 0. The first-order chi connectivity index (χ1) is 12.6. The van der Waals surface area contributed by atoms with E-state index in [0.29, 0.717) is 23.8 Å². The number of aliphatic carboxylic acids is 1. The van der Waals surface area contributed by atoms with Crippen LogP contribution in [0.4, 0.5) is 0 Å². The Morgan fingerprint density at radius 2 is 1.93 bits per heavy atom. The van der Waals surface area contributed by atoms with E-state index in [9.17, 15) is 20.1 Å². The lowest BCUT2D eigenvalue weighted by atomic mass is 9.61. The van der Waals surface area contributed by atoms with Crippen molar-refractivity contribution in [1.29, 1.82) is 0 Å². The third-order valence-electron chi connectivity index (χ3n) is 7.56. The van der Waals surface area contributed by atoms with Crippen molar-refractivity contribution in [3.63, 3.8) is 0 Å². The molecule has 27 heavy (non-hydrogen) atoms. The van der Waals surface area contributed by atoms with Gasteiger partial charge in [-0.2, -0.15) is 0 Å². The fraction of sp³-hybridized carbons (Fsp3) is 0.696. The molecule has 3 aliphatic carbocycles. The molecule has 0 spiro atoms. The van der Waals surface area contributed by atoms with Crippen molar-refractivity contribution in [2.75, 3.05) is 0 Å². The van der Waals surface area contributed by atoms with Gasteiger partial charge in [0, 0.05) is 18.4 Å². The van der Waals surface area contributed by atoms with Crippen LogP contribution in [-0.4, -0.2) is 27.1 Å². The first-order valence-electron chi connectivity index (χ1n) is 10.4. The number of hydrogen-bond donors (Lipinski definition) is 3. The van der Waals surface area contributed by atoms with E-state index < -0.39 is 11.8 Å². The Hall–Kier alpha value is -1.39. The molecule has 3 N–H and O–H groups in total. The third-order valence-corrected chi connectivity index (χ3v) is 7.56. The fourth-order valence-electron chi connectivity index (χ4n) is 6.11. The Kier molecular flexibility index (Phi) is 5.69. The van der Waals surface area contributed by atoms with Gasteiger partial charge >= 0.3 is 5.97 Å². The highest BCUT2D eigenvalue weighted by Crippen LogP contribution is 2.59. The average molecular weight is 375 g/mol. The van der Waals surface area contributed by atoms with E-state index in [1.165, 1.54) is 12.0 Å². The van der Waals surface area contributed by atoms with Crippen molar-refractivity contribution in [1.82, 2.24) is 0 Å². The number of rotatable bonds is 4. The van der Waals surface area contributed by atoms with E-state index >= 15 is 0 Å². The van der Waals surface area contributed by atoms with Gasteiger partial charge in [0.05, 0.1) is 0 Å². The summed E-state index contributed by atoms with van der Waals surface area (Å²) in [4.78, 5) is 11.2. The number of hydrogen-bond acceptors (Lipinski definition) is 3. The molecule has 150 valence electrons. The van der Waals surface area contributed by atoms with E-state index in [4.69, 9.17) is 0 Å². The van der Waals surface area contributed by atoms with Crippen LogP contribution in [0.15, 0.2) is 35.5 Å². The highest BCUT2D eigenvalue weighted by Gasteiger charge is 2.50. The Labute approximate surface area is 162 Å². The Morgan fingerprint density at radius 3 is 2.63 bits per heavy atom. The molecule has 0 saturated heterocycles. The molecule has 3 fully saturated rings. The summed E-state index contributed by atoms with van der Waals surface area (Å²) in [5.74, 6) is -1.29. The highest BCUT2D eigenvalue weighted by atomic mass is 16.5. The maximum absolute atomic E-state index is 11.2. The van der Waals surface area contributed by atoms with Gasteiger partial charge in [0.2, 0.25) is 0 Å². The van der Waals surface area contributed by atoms with E-state index in [1.807, 2.05) is 0 Å². The van der Waals surface area contributed by atoms with Gasteiger partial charge in [-0.25, -0.2) is 0 Å². The molecule has 0 aromatic heterocycles. The van der Waals surface area contributed by atoms with Crippen molar-refractivity contribution in [2.24, 2.45) is 23.2 Å². The van der Waals surface area contributed by atoms with Crippen molar-refractivity contribution in [3.8, 4) is 0 Å². The first kappa shape index (κ1) is 20.3. The molecule has 0 amide bonds. The molecule has 0 aromatic carbocycles. The van der Waals surface area contributed by atoms with Gasteiger partial charge in [-0.3, -0.25) is 4.79 Å². The molecule has 0 bridgehead atoms. The smallest absolute Gasteiger partial charge is 0.303 e. The predicted octanol–water partition coefficient (Wildman–Crippen LogP) is 4.59. The summed E-state index contributed by atoms with van der Waals surface area (Å²) >= 11 is 0. The number of fused-ring (bicyclic) bond motifs is 1. The topological polar surface area (TPSA) is 77.8 Å². The summed E-state index contributed by atoms with van der Waals surface area (Å²) in [5, 5.41) is 29.3. The molecule has 3 rings (SSSR count). The monoisotopic (exact) mass is 374 g/mol. The van der Waals surface area contributed by atoms with Crippen LogP contribution in [0.25, 0.3) is 0 Å². The number of carboxylic acid groups (broad SMARTS) is 1. The molecule has 4 nitrogen and oxygen atoms in total. The van der Waals surface area contributed by atoms with Gasteiger partial charge in [-0.1, -0.05) is 38.2 Å². The van der Waals surface area contributed by atoms with Crippen molar-refractivity contribution < 1.29 is 20.1 Å². The lowest BCUT2D eigenvalue weighted by molar-refractivity contribution is -0.139. The summed E-state index contributed by atoms with van der Waals surface area (Å²) in [6.45, 7) is 8.36. The maximum Gasteiger partial charge on any atom is 0.303 e.